The highest BCUT2D eigenvalue weighted by atomic mass is 31.2. The molecular formula is C29H48N5O13PSi. The number of rotatable bonds is 15. The Hall–Kier alpha value is -2.55. The Balaban J connectivity index is 1.54. The van der Waals surface area contributed by atoms with E-state index in [0.29, 0.717) is 0 Å². The number of aliphatic hydroxyl groups excluding tert-OH is 2. The van der Waals surface area contributed by atoms with Crippen LogP contribution in [0.3, 0.4) is 0 Å². The second-order valence-electron chi connectivity index (χ2n) is 13.2. The van der Waals surface area contributed by atoms with Crippen molar-refractivity contribution in [2.45, 2.75) is 114 Å². The van der Waals surface area contributed by atoms with Crippen LogP contribution in [0.25, 0.3) is 0 Å². The first kappa shape index (κ1) is 39.2. The minimum Gasteiger partial charge on any atom is -0.394 e. The molecule has 276 valence electrons. The Morgan fingerprint density at radius 1 is 1.08 bits per heavy atom. The number of nitrogens with zero attached hydrogens (tertiary/aromatic N) is 3. The smallest absolute Gasteiger partial charge is 0.394 e. The summed E-state index contributed by atoms with van der Waals surface area (Å²) >= 11 is 0. The number of aliphatic hydroxyl groups is 2. The number of aryl methyl sites for hydroxylation is 1. The largest absolute Gasteiger partial charge is 0.472 e. The van der Waals surface area contributed by atoms with E-state index in [9.17, 15) is 34.1 Å². The SMILES string of the molecule is Cc1cn([C@H]2C[C@H](O)[C@@H](COP(=O)(O)O[C@H]3[C@@H](OCO[Si](C(C)C)(C(C)C)C(C)C)[C@H](n4ccc(N)nc4=O)O[C@@H]3CO)O2)c(=O)[nH]c1=O. The highest BCUT2D eigenvalue weighted by Crippen LogP contribution is 2.50. The van der Waals surface area contributed by atoms with Crippen molar-refractivity contribution in [3.05, 3.63) is 55.3 Å². The Bertz CT molecular complexity index is 1640. The molecule has 2 fully saturated rings. The quantitative estimate of drug-likeness (QED) is 0.0982. The van der Waals surface area contributed by atoms with Crippen molar-refractivity contribution in [1.82, 2.24) is 19.1 Å². The van der Waals surface area contributed by atoms with E-state index in [1.807, 2.05) is 0 Å². The fourth-order valence-corrected chi connectivity index (χ4v) is 13.1. The second-order valence-corrected chi connectivity index (χ2v) is 20.1. The Kier molecular flexibility index (Phi) is 12.6. The molecule has 6 N–H and O–H groups in total. The molecule has 4 heterocycles. The zero-order valence-electron chi connectivity index (χ0n) is 28.6. The van der Waals surface area contributed by atoms with E-state index in [2.05, 4.69) is 51.5 Å². The Morgan fingerprint density at radius 3 is 2.33 bits per heavy atom. The first-order valence-corrected chi connectivity index (χ1v) is 19.7. The topological polar surface area (TPSA) is 249 Å². The van der Waals surface area contributed by atoms with Crippen LogP contribution in [-0.2, 0) is 32.2 Å². The van der Waals surface area contributed by atoms with E-state index < -0.39 is 89.3 Å². The number of phosphoric acid groups is 1. The van der Waals surface area contributed by atoms with Crippen molar-refractivity contribution >= 4 is 22.0 Å². The highest BCUT2D eigenvalue weighted by molar-refractivity contribution is 7.47. The van der Waals surface area contributed by atoms with Crippen molar-refractivity contribution in [2.75, 3.05) is 25.7 Å². The van der Waals surface area contributed by atoms with Gasteiger partial charge in [-0.15, -0.1) is 0 Å². The molecule has 1 unspecified atom stereocenters. The van der Waals surface area contributed by atoms with Gasteiger partial charge in [-0.3, -0.25) is 28.0 Å². The molecule has 2 aliphatic rings. The van der Waals surface area contributed by atoms with Crippen molar-refractivity contribution in [3.8, 4) is 0 Å². The summed E-state index contributed by atoms with van der Waals surface area (Å²) < 4.78 is 50.6. The van der Waals surface area contributed by atoms with Crippen LogP contribution < -0.4 is 22.7 Å². The molecule has 0 bridgehead atoms. The van der Waals surface area contributed by atoms with E-state index in [1.54, 1.807) is 0 Å². The number of nitrogen functional groups attached to an aromatic ring is 1. The molecule has 49 heavy (non-hydrogen) atoms. The molecule has 8 atom stereocenters. The number of aromatic nitrogens is 4. The van der Waals surface area contributed by atoms with Crippen LogP contribution in [0, 0.1) is 6.92 Å². The van der Waals surface area contributed by atoms with Gasteiger partial charge in [-0.05, 0) is 29.6 Å². The number of hydrogen-bond donors (Lipinski definition) is 5. The van der Waals surface area contributed by atoms with Gasteiger partial charge in [-0.25, -0.2) is 14.2 Å². The monoisotopic (exact) mass is 733 g/mol. The third-order valence-electron chi connectivity index (χ3n) is 9.18. The fourth-order valence-electron chi connectivity index (χ4n) is 6.91. The number of anilines is 1. The van der Waals surface area contributed by atoms with Crippen LogP contribution in [0.15, 0.2) is 32.8 Å². The summed E-state index contributed by atoms with van der Waals surface area (Å²) in [4.78, 5) is 53.6. The minimum absolute atomic E-state index is 0.0412. The van der Waals surface area contributed by atoms with E-state index in [1.165, 1.54) is 25.4 Å². The van der Waals surface area contributed by atoms with Crippen LogP contribution >= 0.6 is 7.82 Å². The average molecular weight is 734 g/mol. The van der Waals surface area contributed by atoms with Crippen molar-refractivity contribution < 1.29 is 47.4 Å². The maximum absolute atomic E-state index is 13.3. The van der Waals surface area contributed by atoms with Gasteiger partial charge in [0.2, 0.25) is 8.32 Å². The number of phosphoric ester groups is 1. The van der Waals surface area contributed by atoms with Crippen LogP contribution in [-0.4, -0.2) is 93.1 Å². The lowest BCUT2D eigenvalue weighted by Crippen LogP contribution is -2.49. The summed E-state index contributed by atoms with van der Waals surface area (Å²) in [5, 5.41) is 20.8. The first-order valence-electron chi connectivity index (χ1n) is 16.1. The molecule has 0 amide bonds. The van der Waals surface area contributed by atoms with Crippen LogP contribution in [0.4, 0.5) is 5.82 Å². The average Bonchev–Trinajstić information content (AvgIpc) is 3.54. The molecule has 4 rings (SSSR count). The van der Waals surface area contributed by atoms with Gasteiger partial charge in [0.1, 0.15) is 43.3 Å². The molecule has 20 heteroatoms. The zero-order valence-corrected chi connectivity index (χ0v) is 30.5. The number of H-pyrrole nitrogens is 1. The molecule has 2 aliphatic heterocycles. The summed E-state index contributed by atoms with van der Waals surface area (Å²) in [5.41, 5.74) is 4.42. The van der Waals surface area contributed by atoms with Gasteiger partial charge in [-0.2, -0.15) is 4.98 Å². The van der Waals surface area contributed by atoms with Gasteiger partial charge >= 0.3 is 19.2 Å². The van der Waals surface area contributed by atoms with Crippen LogP contribution in [0.1, 0.15) is 66.0 Å². The first-order chi connectivity index (χ1) is 22.9. The molecule has 0 spiro atoms. The summed E-state index contributed by atoms with van der Waals surface area (Å²) in [5.74, 6) is -0.0412. The Morgan fingerprint density at radius 2 is 1.73 bits per heavy atom. The minimum atomic E-state index is -5.01. The van der Waals surface area contributed by atoms with Crippen molar-refractivity contribution in [3.63, 3.8) is 0 Å². The summed E-state index contributed by atoms with van der Waals surface area (Å²) in [6.45, 7) is 12.4. The van der Waals surface area contributed by atoms with Crippen LogP contribution in [0.5, 0.6) is 0 Å². The van der Waals surface area contributed by atoms with Gasteiger partial charge < -0.3 is 39.5 Å². The molecule has 0 radical (unpaired) electrons. The number of ether oxygens (including phenoxy) is 3. The zero-order chi connectivity index (χ0) is 36.4. The maximum Gasteiger partial charge on any atom is 0.472 e. The number of hydrogen-bond acceptors (Lipinski definition) is 14. The summed E-state index contributed by atoms with van der Waals surface area (Å²) in [7, 11) is -7.45. The van der Waals surface area contributed by atoms with E-state index in [0.717, 1.165) is 9.13 Å². The van der Waals surface area contributed by atoms with E-state index >= 15 is 0 Å². The lowest BCUT2D eigenvalue weighted by molar-refractivity contribution is -0.115. The fraction of sp³-hybridized carbons (Fsp3) is 0.724. The van der Waals surface area contributed by atoms with Crippen molar-refractivity contribution in [1.29, 1.82) is 0 Å². The normalized spacial score (nSPS) is 27.4. The molecule has 0 aliphatic carbocycles. The summed E-state index contributed by atoms with van der Waals surface area (Å²) in [6, 6.07) is 1.36. The van der Waals surface area contributed by atoms with Gasteiger partial charge in [-0.1, -0.05) is 41.5 Å². The summed E-state index contributed by atoms with van der Waals surface area (Å²) in [6.07, 6.45) is -6.11. The molecule has 0 aromatic carbocycles. The van der Waals surface area contributed by atoms with Gasteiger partial charge in [0, 0.05) is 24.4 Å². The van der Waals surface area contributed by atoms with Gasteiger partial charge in [0.15, 0.2) is 6.23 Å². The predicted molar refractivity (Wildman–Crippen MR) is 177 cm³/mol. The molecule has 2 aromatic heterocycles. The highest BCUT2D eigenvalue weighted by Gasteiger charge is 2.52. The molecular weight excluding hydrogens is 685 g/mol. The van der Waals surface area contributed by atoms with Gasteiger partial charge in [0.25, 0.3) is 5.56 Å². The second kappa shape index (κ2) is 15.8. The molecule has 18 nitrogen and oxygen atoms in total. The lowest BCUT2D eigenvalue weighted by atomic mass is 10.1. The van der Waals surface area contributed by atoms with Crippen molar-refractivity contribution in [2.24, 2.45) is 0 Å². The van der Waals surface area contributed by atoms with Gasteiger partial charge in [0.05, 0.1) is 19.3 Å². The van der Waals surface area contributed by atoms with E-state index in [4.69, 9.17) is 33.4 Å². The molecule has 2 aromatic rings. The molecule has 2 saturated heterocycles. The van der Waals surface area contributed by atoms with Crippen LogP contribution in [0.2, 0.25) is 16.6 Å². The number of aromatic amines is 1. The number of nitrogens with two attached hydrogens (primary N) is 1. The third-order valence-corrected chi connectivity index (χ3v) is 16.2. The number of nitrogens with one attached hydrogen (secondary N) is 1. The molecule has 0 saturated carbocycles. The van der Waals surface area contributed by atoms with E-state index in [-0.39, 0.29) is 41.2 Å². The standard InChI is InChI=1S/C29H48N5O13PSi/c1-15(2)49(16(3)4,17(5)6)44-14-42-25-24(20(12-35)46-27(25)33-9-8-22(30)31-28(33)38)47-48(40,41)43-13-21-19(36)10-23(45-21)34-11-18(7)26(37)32-29(34)39/h8-9,11,15-17,19-21,23-25,27,35-36H,10,12-14H2,1-7H3,(H,40,41)(H2,30,31,38)(H,32,37,39)/t19-,20+,21+,23+,24+,25+,27+/m0/s1. The predicted octanol–water partition coefficient (Wildman–Crippen LogP) is 1.26. The third kappa shape index (κ3) is 8.50. The lowest BCUT2D eigenvalue weighted by Gasteiger charge is -2.42. The maximum atomic E-state index is 13.3. The Labute approximate surface area is 283 Å².